The largest absolute Gasteiger partial charge is 0.465 e. The molecule has 1 fully saturated rings. The summed E-state index contributed by atoms with van der Waals surface area (Å²) in [5, 5.41) is 7.49. The van der Waals surface area contributed by atoms with Crippen molar-refractivity contribution in [3.05, 3.63) is 70.5 Å². The van der Waals surface area contributed by atoms with E-state index >= 15 is 0 Å². The molecule has 0 radical (unpaired) electrons. The van der Waals surface area contributed by atoms with Gasteiger partial charge in [-0.25, -0.2) is 8.42 Å². The predicted octanol–water partition coefficient (Wildman–Crippen LogP) is 4.16. The number of halogens is 1. The first-order valence-corrected chi connectivity index (χ1v) is 12.9. The first-order valence-electron chi connectivity index (χ1n) is 11.0. The zero-order chi connectivity index (χ0) is 24.1. The van der Waals surface area contributed by atoms with Crippen LogP contribution in [0.3, 0.4) is 0 Å². The van der Waals surface area contributed by atoms with Crippen LogP contribution in [-0.2, 0) is 21.2 Å². The van der Waals surface area contributed by atoms with Gasteiger partial charge < -0.3 is 14.3 Å². The molecule has 1 amide bonds. The van der Waals surface area contributed by atoms with Gasteiger partial charge in [-0.3, -0.25) is 4.79 Å². The van der Waals surface area contributed by atoms with Crippen molar-refractivity contribution in [3.63, 3.8) is 0 Å². The molecule has 1 N–H and O–H groups in total. The van der Waals surface area contributed by atoms with Crippen LogP contribution < -0.4 is 5.32 Å². The molecule has 3 aromatic rings. The van der Waals surface area contributed by atoms with Gasteiger partial charge in [0.15, 0.2) is 10.7 Å². The van der Waals surface area contributed by atoms with E-state index in [4.69, 9.17) is 20.5 Å². The second kappa shape index (κ2) is 10.6. The van der Waals surface area contributed by atoms with Crippen LogP contribution in [0, 0.1) is 12.8 Å². The SMILES string of the molecule is Cc1noc(/C=C/c2ccco2)c1S(=O)(=O)N1CCC(C(=O)NCCc2ccc(Cl)cc2)CC1. The van der Waals surface area contributed by atoms with E-state index in [0.29, 0.717) is 42.3 Å². The maximum absolute atomic E-state index is 13.3. The Morgan fingerprint density at radius 2 is 1.94 bits per heavy atom. The number of aryl methyl sites for hydroxylation is 1. The second-order valence-electron chi connectivity index (χ2n) is 8.16. The van der Waals surface area contributed by atoms with Gasteiger partial charge in [0.25, 0.3) is 0 Å². The molecule has 1 aliphatic rings. The normalized spacial score (nSPS) is 15.7. The van der Waals surface area contributed by atoms with E-state index in [1.165, 1.54) is 16.6 Å². The Morgan fingerprint density at radius 1 is 1.21 bits per heavy atom. The van der Waals surface area contributed by atoms with Crippen molar-refractivity contribution in [2.45, 2.75) is 31.1 Å². The number of hydrogen-bond acceptors (Lipinski definition) is 6. The van der Waals surface area contributed by atoms with Gasteiger partial charge in [0.05, 0.1) is 6.26 Å². The zero-order valence-corrected chi connectivity index (χ0v) is 20.3. The van der Waals surface area contributed by atoms with Crippen molar-refractivity contribution in [2.75, 3.05) is 19.6 Å². The van der Waals surface area contributed by atoms with Gasteiger partial charge in [-0.1, -0.05) is 28.9 Å². The molecule has 1 aliphatic heterocycles. The van der Waals surface area contributed by atoms with Crippen LogP contribution in [-0.4, -0.2) is 43.4 Å². The molecule has 0 bridgehead atoms. The van der Waals surface area contributed by atoms with Crippen LogP contribution >= 0.6 is 11.6 Å². The van der Waals surface area contributed by atoms with E-state index < -0.39 is 10.0 Å². The number of rotatable bonds is 8. The molecule has 0 atom stereocenters. The van der Waals surface area contributed by atoms with Gasteiger partial charge in [0.2, 0.25) is 15.9 Å². The summed E-state index contributed by atoms with van der Waals surface area (Å²) in [7, 11) is -3.82. The Labute approximate surface area is 203 Å². The van der Waals surface area contributed by atoms with Crippen LogP contribution in [0.25, 0.3) is 12.2 Å². The number of aromatic nitrogens is 1. The Bertz CT molecular complexity index is 1240. The molecule has 1 aromatic carbocycles. The number of amides is 1. The number of nitrogens with zero attached hydrogens (tertiary/aromatic N) is 2. The highest BCUT2D eigenvalue weighted by molar-refractivity contribution is 7.89. The van der Waals surface area contributed by atoms with Gasteiger partial charge >= 0.3 is 0 Å². The first kappa shape index (κ1) is 24.3. The smallest absolute Gasteiger partial charge is 0.248 e. The highest BCUT2D eigenvalue weighted by atomic mass is 35.5. The van der Waals surface area contributed by atoms with Crippen LogP contribution in [0.4, 0.5) is 0 Å². The quantitative estimate of drug-likeness (QED) is 0.494. The van der Waals surface area contributed by atoms with Gasteiger partial charge in [-0.05, 0) is 68.2 Å². The average Bonchev–Trinajstić information content (AvgIpc) is 3.48. The number of benzene rings is 1. The van der Waals surface area contributed by atoms with Crippen LogP contribution in [0.2, 0.25) is 5.02 Å². The molecule has 10 heteroatoms. The molecule has 1 saturated heterocycles. The number of furan rings is 1. The number of nitrogens with one attached hydrogen (secondary N) is 1. The van der Waals surface area contributed by atoms with Gasteiger partial charge in [-0.2, -0.15) is 4.31 Å². The standard InChI is InChI=1S/C24H26ClN3O5S/c1-17-23(22(33-27-17)9-8-21-3-2-16-32-21)34(30,31)28-14-11-19(12-15-28)24(29)26-13-10-18-4-6-20(25)7-5-18/h2-9,16,19H,10-15H2,1H3,(H,26,29)/b9-8+. The van der Waals surface area contributed by atoms with Gasteiger partial charge in [0, 0.05) is 30.6 Å². The third-order valence-electron chi connectivity index (χ3n) is 5.82. The summed E-state index contributed by atoms with van der Waals surface area (Å²) in [6.07, 6.45) is 6.30. The molecular formula is C24H26ClN3O5S. The number of piperidine rings is 1. The van der Waals surface area contributed by atoms with Crippen molar-refractivity contribution in [1.82, 2.24) is 14.8 Å². The molecule has 8 nitrogen and oxygen atoms in total. The summed E-state index contributed by atoms with van der Waals surface area (Å²) >= 11 is 5.90. The maximum Gasteiger partial charge on any atom is 0.248 e. The van der Waals surface area contributed by atoms with Gasteiger partial charge in [-0.15, -0.1) is 0 Å². The average molecular weight is 504 g/mol. The van der Waals surface area contributed by atoms with E-state index in [1.807, 2.05) is 24.3 Å². The van der Waals surface area contributed by atoms with Crippen LogP contribution in [0.15, 0.2) is 56.5 Å². The molecule has 0 aliphatic carbocycles. The van der Waals surface area contributed by atoms with Gasteiger partial charge in [0.1, 0.15) is 11.5 Å². The lowest BCUT2D eigenvalue weighted by atomic mass is 9.97. The fourth-order valence-electron chi connectivity index (χ4n) is 3.96. The Hall–Kier alpha value is -2.88. The summed E-state index contributed by atoms with van der Waals surface area (Å²) in [4.78, 5) is 12.6. The van der Waals surface area contributed by atoms with E-state index in [0.717, 1.165) is 5.56 Å². The van der Waals surface area contributed by atoms with E-state index in [-0.39, 0.29) is 35.6 Å². The number of sulfonamides is 1. The third kappa shape index (κ3) is 5.60. The Balaban J connectivity index is 1.34. The summed E-state index contributed by atoms with van der Waals surface area (Å²) in [5.74, 6) is 0.448. The Kier molecular flexibility index (Phi) is 7.55. The minimum absolute atomic E-state index is 0.0428. The molecule has 0 spiro atoms. The molecule has 3 heterocycles. The van der Waals surface area contributed by atoms with Crippen LogP contribution in [0.1, 0.15) is 35.6 Å². The topological polar surface area (TPSA) is 106 Å². The fourth-order valence-corrected chi connectivity index (χ4v) is 5.80. The fraction of sp³-hybridized carbons (Fsp3) is 0.333. The van der Waals surface area contributed by atoms with Crippen LogP contribution in [0.5, 0.6) is 0 Å². The first-order chi connectivity index (χ1) is 16.3. The van der Waals surface area contributed by atoms with E-state index in [2.05, 4.69) is 10.5 Å². The lowest BCUT2D eigenvalue weighted by Crippen LogP contribution is -2.43. The molecule has 180 valence electrons. The minimum Gasteiger partial charge on any atom is -0.465 e. The highest BCUT2D eigenvalue weighted by Gasteiger charge is 2.35. The monoisotopic (exact) mass is 503 g/mol. The van der Waals surface area contributed by atoms with Crippen molar-refractivity contribution < 1.29 is 22.2 Å². The predicted molar refractivity (Wildman–Crippen MR) is 129 cm³/mol. The molecule has 0 saturated carbocycles. The lowest BCUT2D eigenvalue weighted by molar-refractivity contribution is -0.126. The maximum atomic E-state index is 13.3. The summed E-state index contributed by atoms with van der Waals surface area (Å²) in [6.45, 7) is 2.62. The van der Waals surface area contributed by atoms with Crippen molar-refractivity contribution in [2.24, 2.45) is 5.92 Å². The third-order valence-corrected chi connectivity index (χ3v) is 8.13. The van der Waals surface area contributed by atoms with Crippen molar-refractivity contribution >= 4 is 39.7 Å². The van der Waals surface area contributed by atoms with E-state index in [9.17, 15) is 13.2 Å². The number of hydrogen-bond donors (Lipinski definition) is 1. The summed E-state index contributed by atoms with van der Waals surface area (Å²) in [6, 6.07) is 11.0. The van der Waals surface area contributed by atoms with Crippen molar-refractivity contribution in [3.8, 4) is 0 Å². The number of carbonyl (C=O) groups is 1. The minimum atomic E-state index is -3.82. The zero-order valence-electron chi connectivity index (χ0n) is 18.7. The summed E-state index contributed by atoms with van der Waals surface area (Å²) in [5.41, 5.74) is 1.38. The van der Waals surface area contributed by atoms with E-state index in [1.54, 1.807) is 25.1 Å². The highest BCUT2D eigenvalue weighted by Crippen LogP contribution is 2.29. The lowest BCUT2D eigenvalue weighted by Gasteiger charge is -2.30. The molecule has 4 rings (SSSR count). The molecular weight excluding hydrogens is 478 g/mol. The number of carbonyl (C=O) groups excluding carboxylic acids is 1. The van der Waals surface area contributed by atoms with Crippen molar-refractivity contribution in [1.29, 1.82) is 0 Å². The molecule has 2 aromatic heterocycles. The molecule has 34 heavy (non-hydrogen) atoms. The summed E-state index contributed by atoms with van der Waals surface area (Å²) < 4.78 is 38.6. The Morgan fingerprint density at radius 3 is 2.62 bits per heavy atom. The second-order valence-corrected chi connectivity index (χ2v) is 10.5. The molecule has 0 unspecified atom stereocenters.